The highest BCUT2D eigenvalue weighted by atomic mass is 19.4. The van der Waals surface area contributed by atoms with Crippen molar-refractivity contribution in [2.24, 2.45) is 5.92 Å². The third kappa shape index (κ3) is 1.56. The van der Waals surface area contributed by atoms with Crippen LogP contribution in [0.1, 0.15) is 17.5 Å². The quantitative estimate of drug-likeness (QED) is 0.750. The Morgan fingerprint density at radius 2 is 2.06 bits per heavy atom. The van der Waals surface area contributed by atoms with E-state index in [0.29, 0.717) is 12.5 Å². The smallest absolute Gasteiger partial charge is 0.316 e. The topological polar surface area (TPSA) is 12.0 Å². The van der Waals surface area contributed by atoms with Crippen LogP contribution in [-0.4, -0.2) is 13.1 Å². The summed E-state index contributed by atoms with van der Waals surface area (Å²) < 4.78 is 51.4. The van der Waals surface area contributed by atoms with E-state index in [1.54, 1.807) is 0 Å². The fourth-order valence-corrected chi connectivity index (χ4v) is 2.84. The fraction of sp³-hybridized carbons (Fsp3) is 0.500. The molecule has 0 aromatic heterocycles. The third-order valence-electron chi connectivity index (χ3n) is 3.89. The third-order valence-corrected chi connectivity index (χ3v) is 3.89. The van der Waals surface area contributed by atoms with Gasteiger partial charge in [-0.1, -0.05) is 0 Å². The van der Waals surface area contributed by atoms with Gasteiger partial charge in [0.05, 0.1) is 5.56 Å². The number of fused-ring (bicyclic) bond motifs is 1. The van der Waals surface area contributed by atoms with Gasteiger partial charge < -0.3 is 5.32 Å². The molecule has 0 spiro atoms. The van der Waals surface area contributed by atoms with E-state index in [9.17, 15) is 17.6 Å². The molecule has 17 heavy (non-hydrogen) atoms. The second-order valence-electron chi connectivity index (χ2n) is 4.88. The maximum absolute atomic E-state index is 13.7. The predicted octanol–water partition coefficient (Wildman–Crippen LogP) is 2.71. The highest BCUT2D eigenvalue weighted by Crippen LogP contribution is 2.57. The molecule has 1 aliphatic carbocycles. The molecule has 1 aromatic rings. The van der Waals surface area contributed by atoms with Crippen LogP contribution < -0.4 is 5.32 Å². The van der Waals surface area contributed by atoms with Crippen molar-refractivity contribution in [2.45, 2.75) is 18.0 Å². The maximum Gasteiger partial charge on any atom is 0.416 e. The number of halogens is 4. The van der Waals surface area contributed by atoms with Gasteiger partial charge in [0.1, 0.15) is 5.82 Å². The van der Waals surface area contributed by atoms with E-state index in [1.807, 2.05) is 0 Å². The predicted molar refractivity (Wildman–Crippen MR) is 54.1 cm³/mol. The molecule has 2 fully saturated rings. The number of alkyl halides is 3. The molecule has 0 bridgehead atoms. The van der Waals surface area contributed by atoms with Crippen molar-refractivity contribution >= 4 is 0 Å². The normalized spacial score (nSPS) is 31.4. The van der Waals surface area contributed by atoms with E-state index in [1.165, 1.54) is 0 Å². The van der Waals surface area contributed by atoms with Crippen molar-refractivity contribution in [3.63, 3.8) is 0 Å². The van der Waals surface area contributed by atoms with Crippen LogP contribution in [0.5, 0.6) is 0 Å². The van der Waals surface area contributed by atoms with Crippen LogP contribution in [-0.2, 0) is 11.6 Å². The Labute approximate surface area is 95.8 Å². The monoisotopic (exact) mass is 245 g/mol. The van der Waals surface area contributed by atoms with E-state index in [2.05, 4.69) is 5.32 Å². The van der Waals surface area contributed by atoms with Gasteiger partial charge in [0.15, 0.2) is 0 Å². The number of nitrogens with one attached hydrogen (secondary N) is 1. The molecule has 1 heterocycles. The minimum absolute atomic E-state index is 0.224. The SMILES string of the molecule is Fc1ccc(C(F)(F)F)cc1[C@]12CNC[C@H]1C2. The molecule has 1 aromatic carbocycles. The van der Waals surface area contributed by atoms with Crippen molar-refractivity contribution in [1.29, 1.82) is 0 Å². The molecule has 1 saturated heterocycles. The summed E-state index contributed by atoms with van der Waals surface area (Å²) in [5.74, 6) is -0.232. The molecule has 0 unspecified atom stereocenters. The van der Waals surface area contributed by atoms with Gasteiger partial charge in [-0.2, -0.15) is 13.2 Å². The van der Waals surface area contributed by atoms with Gasteiger partial charge in [-0.05, 0) is 42.6 Å². The standard InChI is InChI=1S/C12H11F4N/c13-10-2-1-7(12(14,15)16)3-9(10)11-4-8(11)5-17-6-11/h1-3,8,17H,4-6H2/t8-,11-/m1/s1. The number of benzene rings is 1. The number of piperidine rings is 1. The lowest BCUT2D eigenvalue weighted by Gasteiger charge is -2.16. The van der Waals surface area contributed by atoms with Gasteiger partial charge in [0, 0.05) is 12.0 Å². The van der Waals surface area contributed by atoms with Crippen molar-refractivity contribution < 1.29 is 17.6 Å². The molecule has 2 aliphatic rings. The Bertz CT molecular complexity index is 468. The Morgan fingerprint density at radius 3 is 2.59 bits per heavy atom. The van der Waals surface area contributed by atoms with Crippen LogP contribution in [0.3, 0.4) is 0 Å². The van der Waals surface area contributed by atoms with Gasteiger partial charge in [0.25, 0.3) is 0 Å². The summed E-state index contributed by atoms with van der Waals surface area (Å²) in [7, 11) is 0. The Hall–Kier alpha value is -1.10. The summed E-state index contributed by atoms with van der Waals surface area (Å²) in [4.78, 5) is 0. The van der Waals surface area contributed by atoms with Crippen molar-refractivity contribution in [2.75, 3.05) is 13.1 Å². The molecule has 1 N–H and O–H groups in total. The lowest BCUT2D eigenvalue weighted by Crippen LogP contribution is -2.21. The lowest BCUT2D eigenvalue weighted by atomic mass is 9.93. The van der Waals surface area contributed by atoms with Gasteiger partial charge in [-0.15, -0.1) is 0 Å². The first-order chi connectivity index (χ1) is 7.93. The van der Waals surface area contributed by atoms with Gasteiger partial charge in [-0.3, -0.25) is 0 Å². The van der Waals surface area contributed by atoms with E-state index < -0.39 is 17.6 Å². The second kappa shape index (κ2) is 3.22. The number of hydrogen-bond donors (Lipinski definition) is 1. The number of rotatable bonds is 1. The van der Waals surface area contributed by atoms with E-state index in [0.717, 1.165) is 31.2 Å². The van der Waals surface area contributed by atoms with Gasteiger partial charge in [0.2, 0.25) is 0 Å². The first kappa shape index (κ1) is 11.0. The van der Waals surface area contributed by atoms with Gasteiger partial charge >= 0.3 is 6.18 Å². The molecule has 92 valence electrons. The van der Waals surface area contributed by atoms with Crippen LogP contribution in [0.4, 0.5) is 17.6 Å². The van der Waals surface area contributed by atoms with Crippen LogP contribution in [0, 0.1) is 11.7 Å². The molecule has 0 amide bonds. The van der Waals surface area contributed by atoms with E-state index in [-0.39, 0.29) is 11.0 Å². The summed E-state index contributed by atoms with van der Waals surface area (Å²) in [6.07, 6.45) is -3.62. The van der Waals surface area contributed by atoms with Gasteiger partial charge in [-0.25, -0.2) is 4.39 Å². The van der Waals surface area contributed by atoms with Crippen molar-refractivity contribution in [3.8, 4) is 0 Å². The minimum atomic E-state index is -4.41. The summed E-state index contributed by atoms with van der Waals surface area (Å²) in [5, 5.41) is 3.10. The van der Waals surface area contributed by atoms with E-state index in [4.69, 9.17) is 0 Å². The first-order valence-electron chi connectivity index (χ1n) is 5.51. The zero-order valence-electron chi connectivity index (χ0n) is 8.94. The summed E-state index contributed by atoms with van der Waals surface area (Å²) >= 11 is 0. The van der Waals surface area contributed by atoms with Crippen LogP contribution in [0.2, 0.25) is 0 Å². The van der Waals surface area contributed by atoms with Crippen LogP contribution >= 0.6 is 0 Å². The van der Waals surface area contributed by atoms with Crippen LogP contribution in [0.25, 0.3) is 0 Å². The lowest BCUT2D eigenvalue weighted by molar-refractivity contribution is -0.137. The molecule has 1 nitrogen and oxygen atoms in total. The average molecular weight is 245 g/mol. The molecular formula is C12H11F4N. The molecule has 0 radical (unpaired) electrons. The largest absolute Gasteiger partial charge is 0.416 e. The molecular weight excluding hydrogens is 234 g/mol. The zero-order chi connectivity index (χ0) is 12.3. The molecule has 3 rings (SSSR count). The second-order valence-corrected chi connectivity index (χ2v) is 4.88. The number of hydrogen-bond acceptors (Lipinski definition) is 1. The molecule has 1 aliphatic heterocycles. The summed E-state index contributed by atoms with van der Waals surface area (Å²) in [5.41, 5.74) is -0.922. The zero-order valence-corrected chi connectivity index (χ0v) is 8.94. The Kier molecular flexibility index (Phi) is 2.09. The van der Waals surface area contributed by atoms with Crippen LogP contribution in [0.15, 0.2) is 18.2 Å². The summed E-state index contributed by atoms with van der Waals surface area (Å²) in [6, 6.07) is 2.71. The fourth-order valence-electron chi connectivity index (χ4n) is 2.84. The Morgan fingerprint density at radius 1 is 1.29 bits per heavy atom. The first-order valence-corrected chi connectivity index (χ1v) is 5.51. The molecule has 2 atom stereocenters. The van der Waals surface area contributed by atoms with E-state index >= 15 is 0 Å². The average Bonchev–Trinajstić information content (AvgIpc) is 2.80. The highest BCUT2D eigenvalue weighted by molar-refractivity contribution is 5.41. The maximum atomic E-state index is 13.7. The highest BCUT2D eigenvalue weighted by Gasteiger charge is 2.59. The molecule has 1 saturated carbocycles. The summed E-state index contributed by atoms with van der Waals surface area (Å²) in [6.45, 7) is 1.35. The van der Waals surface area contributed by atoms with Crippen molar-refractivity contribution in [3.05, 3.63) is 35.1 Å². The molecule has 5 heteroatoms. The minimum Gasteiger partial charge on any atom is -0.316 e. The Balaban J connectivity index is 2.05. The van der Waals surface area contributed by atoms with Crippen molar-refractivity contribution in [1.82, 2.24) is 5.32 Å².